The normalized spacial score (nSPS) is 15.9. The number of benzene rings is 2. The van der Waals surface area contributed by atoms with Gasteiger partial charge in [-0.2, -0.15) is 0 Å². The van der Waals surface area contributed by atoms with Crippen molar-refractivity contribution in [1.29, 1.82) is 0 Å². The number of carbonyl (C=O) groups excluding carboxylic acids is 2. The number of hydrogen-bond donors (Lipinski definition) is 0. The molecule has 0 aliphatic carbocycles. The Morgan fingerprint density at radius 1 is 1.18 bits per heavy atom. The zero-order valence-corrected chi connectivity index (χ0v) is 16.1. The van der Waals surface area contributed by atoms with Crippen LogP contribution in [-0.4, -0.2) is 29.5 Å². The minimum absolute atomic E-state index is 0.0672. The largest absolute Gasteiger partial charge is 0.452 e. The van der Waals surface area contributed by atoms with Crippen LogP contribution < -0.4 is 4.90 Å². The quantitative estimate of drug-likeness (QED) is 0.487. The van der Waals surface area contributed by atoms with Gasteiger partial charge in [-0.1, -0.05) is 29.8 Å². The van der Waals surface area contributed by atoms with Gasteiger partial charge in [0.15, 0.2) is 6.61 Å². The molecule has 4 rings (SSSR count). The van der Waals surface area contributed by atoms with E-state index in [1.165, 1.54) is 0 Å². The van der Waals surface area contributed by atoms with Crippen LogP contribution in [0.2, 0.25) is 5.15 Å². The third-order valence-electron chi connectivity index (χ3n) is 5.01. The van der Waals surface area contributed by atoms with Crippen molar-refractivity contribution in [3.63, 3.8) is 0 Å². The van der Waals surface area contributed by atoms with Gasteiger partial charge < -0.3 is 9.64 Å². The van der Waals surface area contributed by atoms with Crippen LogP contribution in [-0.2, 0) is 16.0 Å². The van der Waals surface area contributed by atoms with Gasteiger partial charge in [0.1, 0.15) is 5.15 Å². The molecule has 1 atom stereocenters. The molecule has 0 spiro atoms. The Labute approximate surface area is 167 Å². The van der Waals surface area contributed by atoms with Crippen molar-refractivity contribution >= 4 is 40.1 Å². The second-order valence-electron chi connectivity index (χ2n) is 6.90. The van der Waals surface area contributed by atoms with Gasteiger partial charge in [0.25, 0.3) is 5.91 Å². The summed E-state index contributed by atoms with van der Waals surface area (Å²) in [5.74, 6) is -0.759. The lowest BCUT2D eigenvalue weighted by Gasteiger charge is -2.35. The number of halogens is 1. The summed E-state index contributed by atoms with van der Waals surface area (Å²) < 4.78 is 5.30. The standard InChI is InChI=1S/C22H19ClN2O3/c1-14-6-7-15-4-2-3-5-19(15)25(14)21(26)13-28-22(27)17-8-10-18-16(12-17)9-11-20(23)24-18/h2-5,8-12,14H,6-7,13H2,1H3. The fourth-order valence-electron chi connectivity index (χ4n) is 3.58. The molecule has 3 aromatic rings. The number of aromatic nitrogens is 1. The number of nitrogens with zero attached hydrogens (tertiary/aromatic N) is 2. The molecule has 2 heterocycles. The van der Waals surface area contributed by atoms with E-state index < -0.39 is 5.97 Å². The summed E-state index contributed by atoms with van der Waals surface area (Å²) in [4.78, 5) is 31.1. The molecule has 0 radical (unpaired) electrons. The first kappa shape index (κ1) is 18.4. The third-order valence-corrected chi connectivity index (χ3v) is 5.22. The molecule has 142 valence electrons. The number of rotatable bonds is 3. The van der Waals surface area contributed by atoms with Crippen molar-refractivity contribution in [1.82, 2.24) is 4.98 Å². The van der Waals surface area contributed by atoms with Crippen LogP contribution in [0.3, 0.4) is 0 Å². The highest BCUT2D eigenvalue weighted by atomic mass is 35.5. The Morgan fingerprint density at radius 3 is 2.86 bits per heavy atom. The third kappa shape index (κ3) is 3.58. The number of ether oxygens (including phenoxy) is 1. The summed E-state index contributed by atoms with van der Waals surface area (Å²) in [6.45, 7) is 1.71. The predicted molar refractivity (Wildman–Crippen MR) is 109 cm³/mol. The molecule has 0 bridgehead atoms. The van der Waals surface area contributed by atoms with E-state index in [2.05, 4.69) is 4.98 Å². The zero-order valence-electron chi connectivity index (χ0n) is 15.4. The average Bonchev–Trinajstić information content (AvgIpc) is 2.71. The van der Waals surface area contributed by atoms with Gasteiger partial charge in [-0.25, -0.2) is 9.78 Å². The van der Waals surface area contributed by atoms with Gasteiger partial charge in [0.05, 0.1) is 11.1 Å². The maximum Gasteiger partial charge on any atom is 0.338 e. The smallest absolute Gasteiger partial charge is 0.338 e. The van der Waals surface area contributed by atoms with E-state index in [0.717, 1.165) is 29.5 Å². The molecule has 0 fully saturated rings. The predicted octanol–water partition coefficient (Wildman–Crippen LogP) is 4.41. The average molecular weight is 395 g/mol. The summed E-state index contributed by atoms with van der Waals surface area (Å²) in [6.07, 6.45) is 1.83. The number of para-hydroxylation sites is 1. The van der Waals surface area contributed by atoms with E-state index in [0.29, 0.717) is 16.2 Å². The number of fused-ring (bicyclic) bond motifs is 2. The van der Waals surface area contributed by atoms with Crippen LogP contribution in [0.5, 0.6) is 0 Å². The summed E-state index contributed by atoms with van der Waals surface area (Å²) in [7, 11) is 0. The minimum Gasteiger partial charge on any atom is -0.452 e. The lowest BCUT2D eigenvalue weighted by atomic mass is 9.96. The molecule has 1 aromatic heterocycles. The van der Waals surface area contributed by atoms with Gasteiger partial charge >= 0.3 is 5.97 Å². The van der Waals surface area contributed by atoms with E-state index in [4.69, 9.17) is 16.3 Å². The first-order chi connectivity index (χ1) is 13.5. The summed E-state index contributed by atoms with van der Waals surface area (Å²) in [6, 6.07) is 16.4. The Balaban J connectivity index is 1.48. The number of pyridine rings is 1. The first-order valence-corrected chi connectivity index (χ1v) is 9.54. The molecule has 1 amide bonds. The Morgan fingerprint density at radius 2 is 2.00 bits per heavy atom. The van der Waals surface area contributed by atoms with Crippen molar-refractivity contribution in [3.8, 4) is 0 Å². The molecule has 5 nitrogen and oxygen atoms in total. The number of carbonyl (C=O) groups is 2. The van der Waals surface area contributed by atoms with Crippen molar-refractivity contribution in [2.45, 2.75) is 25.8 Å². The van der Waals surface area contributed by atoms with E-state index in [9.17, 15) is 9.59 Å². The molecule has 1 unspecified atom stereocenters. The van der Waals surface area contributed by atoms with Crippen molar-refractivity contribution in [3.05, 3.63) is 70.9 Å². The Kier molecular flexibility index (Phi) is 5.01. The fraction of sp³-hybridized carbons (Fsp3) is 0.227. The van der Waals surface area contributed by atoms with E-state index in [-0.39, 0.29) is 18.6 Å². The van der Waals surface area contributed by atoms with Gasteiger partial charge in [0, 0.05) is 17.1 Å². The van der Waals surface area contributed by atoms with Crippen LogP contribution in [0.1, 0.15) is 29.3 Å². The Bertz CT molecular complexity index is 1070. The lowest BCUT2D eigenvalue weighted by molar-refractivity contribution is -0.122. The topological polar surface area (TPSA) is 59.5 Å². The molecule has 0 N–H and O–H groups in total. The molecular weight excluding hydrogens is 376 g/mol. The molecule has 1 aliphatic rings. The monoisotopic (exact) mass is 394 g/mol. The van der Waals surface area contributed by atoms with Crippen LogP contribution in [0.4, 0.5) is 5.69 Å². The number of esters is 1. The maximum absolute atomic E-state index is 12.8. The van der Waals surface area contributed by atoms with Crippen LogP contribution in [0, 0.1) is 0 Å². The number of aryl methyl sites for hydroxylation is 1. The Hall–Kier alpha value is -2.92. The molecule has 6 heteroatoms. The van der Waals surface area contributed by atoms with Crippen molar-refractivity contribution in [2.24, 2.45) is 0 Å². The number of hydrogen-bond acceptors (Lipinski definition) is 4. The first-order valence-electron chi connectivity index (χ1n) is 9.16. The van der Waals surface area contributed by atoms with E-state index in [1.807, 2.05) is 31.2 Å². The van der Waals surface area contributed by atoms with Crippen LogP contribution in [0.25, 0.3) is 10.9 Å². The highest BCUT2D eigenvalue weighted by molar-refractivity contribution is 6.29. The van der Waals surface area contributed by atoms with Gasteiger partial charge in [-0.15, -0.1) is 0 Å². The molecule has 28 heavy (non-hydrogen) atoms. The van der Waals surface area contributed by atoms with Gasteiger partial charge in [0.2, 0.25) is 0 Å². The fourth-order valence-corrected chi connectivity index (χ4v) is 3.73. The van der Waals surface area contributed by atoms with E-state index >= 15 is 0 Å². The minimum atomic E-state index is -0.539. The SMILES string of the molecule is CC1CCc2ccccc2N1C(=O)COC(=O)c1ccc2nc(Cl)ccc2c1. The van der Waals surface area contributed by atoms with Crippen LogP contribution >= 0.6 is 11.6 Å². The van der Waals surface area contributed by atoms with Gasteiger partial charge in [-0.05, 0) is 61.7 Å². The zero-order chi connectivity index (χ0) is 19.7. The van der Waals surface area contributed by atoms with E-state index in [1.54, 1.807) is 35.2 Å². The highest BCUT2D eigenvalue weighted by Gasteiger charge is 2.28. The molecule has 2 aromatic carbocycles. The molecular formula is C22H19ClN2O3. The second kappa shape index (κ2) is 7.60. The van der Waals surface area contributed by atoms with Crippen molar-refractivity contribution in [2.75, 3.05) is 11.5 Å². The summed E-state index contributed by atoms with van der Waals surface area (Å²) >= 11 is 5.88. The van der Waals surface area contributed by atoms with Gasteiger partial charge in [-0.3, -0.25) is 4.79 Å². The summed E-state index contributed by atoms with van der Waals surface area (Å²) in [5, 5.41) is 1.17. The number of anilines is 1. The second-order valence-corrected chi connectivity index (χ2v) is 7.28. The van der Waals surface area contributed by atoms with Crippen LogP contribution in [0.15, 0.2) is 54.6 Å². The highest BCUT2D eigenvalue weighted by Crippen LogP contribution is 2.30. The molecule has 0 saturated heterocycles. The van der Waals surface area contributed by atoms with Crippen molar-refractivity contribution < 1.29 is 14.3 Å². The molecule has 1 aliphatic heterocycles. The summed E-state index contributed by atoms with van der Waals surface area (Å²) in [5.41, 5.74) is 3.10. The lowest BCUT2D eigenvalue weighted by Crippen LogP contribution is -2.44. The number of amides is 1. The maximum atomic E-state index is 12.8. The molecule has 0 saturated carbocycles.